The van der Waals surface area contributed by atoms with Gasteiger partial charge in [0.15, 0.2) is 0 Å². The third kappa shape index (κ3) is 3.04. The highest BCUT2D eigenvalue weighted by Gasteiger charge is 2.28. The van der Waals surface area contributed by atoms with Crippen LogP contribution in [0, 0.1) is 6.92 Å². The quantitative estimate of drug-likeness (QED) is 0.598. The number of thioether (sulfide) groups is 1. The molecule has 0 saturated carbocycles. The van der Waals surface area contributed by atoms with E-state index in [4.69, 9.17) is 4.74 Å². The standard InChI is InChI=1S/C23H20O2S/c1-15-11-16(13-17(12-15)25-2)23(24)26-14-22-20-9-5-3-7-18(20)19-8-4-6-10-21(19)22/h3-13,22H,14H2,1-2H3. The smallest absolute Gasteiger partial charge is 0.219 e. The van der Waals surface area contributed by atoms with Crippen molar-refractivity contribution in [1.82, 2.24) is 0 Å². The molecule has 26 heavy (non-hydrogen) atoms. The molecule has 0 bridgehead atoms. The Bertz CT molecular complexity index is 932. The lowest BCUT2D eigenvalue weighted by atomic mass is 9.99. The number of rotatable bonds is 4. The first-order valence-corrected chi connectivity index (χ1v) is 9.67. The van der Waals surface area contributed by atoms with E-state index < -0.39 is 0 Å². The van der Waals surface area contributed by atoms with Gasteiger partial charge in [-0.1, -0.05) is 60.3 Å². The lowest BCUT2D eigenvalue weighted by Gasteiger charge is -2.13. The van der Waals surface area contributed by atoms with Gasteiger partial charge in [-0.05, 0) is 52.9 Å². The third-order valence-electron chi connectivity index (χ3n) is 4.87. The summed E-state index contributed by atoms with van der Waals surface area (Å²) >= 11 is 1.39. The zero-order valence-corrected chi connectivity index (χ0v) is 15.7. The molecule has 0 unspecified atom stereocenters. The number of aryl methyl sites for hydroxylation is 1. The van der Waals surface area contributed by atoms with Crippen LogP contribution >= 0.6 is 11.8 Å². The monoisotopic (exact) mass is 360 g/mol. The van der Waals surface area contributed by atoms with Crippen molar-refractivity contribution in [3.8, 4) is 16.9 Å². The van der Waals surface area contributed by atoms with E-state index in [1.165, 1.54) is 34.0 Å². The van der Waals surface area contributed by atoms with Crippen molar-refractivity contribution in [2.45, 2.75) is 12.8 Å². The Hall–Kier alpha value is -2.52. The number of hydrogen-bond donors (Lipinski definition) is 0. The number of methoxy groups -OCH3 is 1. The Kier molecular flexibility index (Phi) is 4.56. The van der Waals surface area contributed by atoms with Crippen molar-refractivity contribution >= 4 is 16.9 Å². The maximum atomic E-state index is 12.8. The SMILES string of the molecule is COc1cc(C)cc(C(=O)SCC2c3ccccc3-c3ccccc32)c1. The first-order valence-electron chi connectivity index (χ1n) is 8.68. The molecular weight excluding hydrogens is 340 g/mol. The minimum Gasteiger partial charge on any atom is -0.497 e. The molecule has 1 aliphatic rings. The molecule has 0 aliphatic heterocycles. The van der Waals surface area contributed by atoms with Crippen LogP contribution in [-0.4, -0.2) is 18.0 Å². The normalized spacial score (nSPS) is 12.5. The fraction of sp³-hybridized carbons (Fsp3) is 0.174. The van der Waals surface area contributed by atoms with E-state index in [1.807, 2.05) is 25.1 Å². The zero-order valence-electron chi connectivity index (χ0n) is 14.9. The second-order valence-electron chi connectivity index (χ2n) is 6.56. The molecule has 130 valence electrons. The molecule has 3 aromatic rings. The van der Waals surface area contributed by atoms with E-state index in [-0.39, 0.29) is 11.0 Å². The van der Waals surface area contributed by atoms with Crippen LogP contribution in [0.25, 0.3) is 11.1 Å². The lowest BCUT2D eigenvalue weighted by molar-refractivity contribution is 0.108. The topological polar surface area (TPSA) is 26.3 Å². The molecule has 0 saturated heterocycles. The molecule has 0 atom stereocenters. The van der Waals surface area contributed by atoms with E-state index >= 15 is 0 Å². The summed E-state index contributed by atoms with van der Waals surface area (Å²) in [6, 6.07) is 22.7. The Morgan fingerprint density at radius 2 is 1.58 bits per heavy atom. The summed E-state index contributed by atoms with van der Waals surface area (Å²) in [5.41, 5.74) is 6.94. The lowest BCUT2D eigenvalue weighted by Crippen LogP contribution is -2.04. The van der Waals surface area contributed by atoms with Crippen LogP contribution in [0.2, 0.25) is 0 Å². The van der Waals surface area contributed by atoms with Crippen molar-refractivity contribution in [2.24, 2.45) is 0 Å². The fourth-order valence-corrected chi connectivity index (χ4v) is 4.63. The fourth-order valence-electron chi connectivity index (χ4n) is 3.67. The molecule has 0 aromatic heterocycles. The van der Waals surface area contributed by atoms with Gasteiger partial charge < -0.3 is 4.74 Å². The van der Waals surface area contributed by atoms with Gasteiger partial charge in [0.2, 0.25) is 5.12 Å². The molecule has 2 nitrogen and oxygen atoms in total. The second kappa shape index (κ2) is 7.00. The van der Waals surface area contributed by atoms with Crippen LogP contribution in [0.4, 0.5) is 0 Å². The maximum Gasteiger partial charge on any atom is 0.219 e. The number of carbonyl (C=O) groups excluding carboxylic acids is 1. The maximum absolute atomic E-state index is 12.8. The molecule has 4 rings (SSSR count). The summed E-state index contributed by atoms with van der Waals surface area (Å²) in [7, 11) is 1.63. The predicted octanol–water partition coefficient (Wildman–Crippen LogP) is 5.69. The Labute approximate surface area is 158 Å². The summed E-state index contributed by atoms with van der Waals surface area (Å²) in [6.07, 6.45) is 0. The minimum absolute atomic E-state index is 0.0915. The van der Waals surface area contributed by atoms with Gasteiger partial charge in [0.05, 0.1) is 7.11 Å². The van der Waals surface area contributed by atoms with Crippen molar-refractivity contribution in [1.29, 1.82) is 0 Å². The summed E-state index contributed by atoms with van der Waals surface area (Å²) in [5.74, 6) is 1.72. The van der Waals surface area contributed by atoms with Crippen LogP contribution in [0.15, 0.2) is 66.7 Å². The van der Waals surface area contributed by atoms with Gasteiger partial charge in [-0.2, -0.15) is 0 Å². The molecule has 0 radical (unpaired) electrons. The Morgan fingerprint density at radius 3 is 2.19 bits per heavy atom. The predicted molar refractivity (Wildman–Crippen MR) is 108 cm³/mol. The van der Waals surface area contributed by atoms with Gasteiger partial charge in [-0.15, -0.1) is 0 Å². The van der Waals surface area contributed by atoms with Crippen LogP contribution in [0.3, 0.4) is 0 Å². The van der Waals surface area contributed by atoms with Crippen molar-refractivity contribution < 1.29 is 9.53 Å². The van der Waals surface area contributed by atoms with Crippen molar-refractivity contribution in [2.75, 3.05) is 12.9 Å². The first kappa shape index (κ1) is 16.9. The van der Waals surface area contributed by atoms with Crippen molar-refractivity contribution in [3.63, 3.8) is 0 Å². The Morgan fingerprint density at radius 1 is 0.962 bits per heavy atom. The van der Waals surface area contributed by atoms with Crippen LogP contribution < -0.4 is 4.74 Å². The van der Waals surface area contributed by atoms with E-state index in [1.54, 1.807) is 7.11 Å². The minimum atomic E-state index is 0.0915. The summed E-state index contributed by atoms with van der Waals surface area (Å²) in [6.45, 7) is 1.98. The van der Waals surface area contributed by atoms with E-state index in [0.29, 0.717) is 5.56 Å². The average molecular weight is 360 g/mol. The van der Waals surface area contributed by atoms with E-state index in [0.717, 1.165) is 17.1 Å². The van der Waals surface area contributed by atoms with Gasteiger partial charge in [0.25, 0.3) is 0 Å². The van der Waals surface area contributed by atoms with Crippen LogP contribution in [-0.2, 0) is 0 Å². The molecule has 3 heteroatoms. The number of hydrogen-bond acceptors (Lipinski definition) is 3. The highest BCUT2D eigenvalue weighted by molar-refractivity contribution is 8.14. The molecule has 0 N–H and O–H groups in total. The largest absolute Gasteiger partial charge is 0.497 e. The van der Waals surface area contributed by atoms with Crippen LogP contribution in [0.5, 0.6) is 5.75 Å². The van der Waals surface area contributed by atoms with Gasteiger partial charge >= 0.3 is 0 Å². The Balaban J connectivity index is 1.59. The number of carbonyl (C=O) groups is 1. The van der Waals surface area contributed by atoms with Crippen molar-refractivity contribution in [3.05, 3.63) is 89.0 Å². The van der Waals surface area contributed by atoms with E-state index in [9.17, 15) is 4.79 Å². The van der Waals surface area contributed by atoms with Gasteiger partial charge in [-0.3, -0.25) is 4.79 Å². The van der Waals surface area contributed by atoms with Gasteiger partial charge in [0, 0.05) is 17.2 Å². The van der Waals surface area contributed by atoms with Gasteiger partial charge in [0.1, 0.15) is 5.75 Å². The second-order valence-corrected chi connectivity index (χ2v) is 7.56. The average Bonchev–Trinajstić information content (AvgIpc) is 2.99. The third-order valence-corrected chi connectivity index (χ3v) is 5.86. The van der Waals surface area contributed by atoms with Crippen LogP contribution in [0.1, 0.15) is 33.0 Å². The first-order chi connectivity index (χ1) is 12.7. The molecule has 0 fully saturated rings. The molecule has 3 aromatic carbocycles. The molecule has 0 spiro atoms. The highest BCUT2D eigenvalue weighted by Crippen LogP contribution is 2.46. The highest BCUT2D eigenvalue weighted by atomic mass is 32.2. The van der Waals surface area contributed by atoms with E-state index in [2.05, 4.69) is 48.5 Å². The molecule has 0 heterocycles. The zero-order chi connectivity index (χ0) is 18.1. The summed E-state index contributed by atoms with van der Waals surface area (Å²) in [4.78, 5) is 12.8. The molecule has 1 aliphatic carbocycles. The number of fused-ring (bicyclic) bond motifs is 3. The number of benzene rings is 3. The van der Waals surface area contributed by atoms with Gasteiger partial charge in [-0.25, -0.2) is 0 Å². The summed E-state index contributed by atoms with van der Waals surface area (Å²) < 4.78 is 5.30. The summed E-state index contributed by atoms with van der Waals surface area (Å²) in [5, 5.41) is 0.0915. The molecular formula is C23H20O2S. The number of ether oxygens (including phenoxy) is 1. The molecule has 0 amide bonds.